The molecule has 3 aromatic rings. The van der Waals surface area contributed by atoms with Gasteiger partial charge in [0.05, 0.1) is 29.2 Å². The first kappa shape index (κ1) is 21.0. The van der Waals surface area contributed by atoms with E-state index in [9.17, 15) is 14.0 Å². The minimum Gasteiger partial charge on any atom is -0.382 e. The third-order valence-electron chi connectivity index (χ3n) is 6.60. The molecule has 0 unspecified atom stereocenters. The van der Waals surface area contributed by atoms with Gasteiger partial charge in [0.1, 0.15) is 5.69 Å². The quantitative estimate of drug-likeness (QED) is 0.613. The van der Waals surface area contributed by atoms with E-state index in [0.717, 1.165) is 24.1 Å². The van der Waals surface area contributed by atoms with E-state index in [2.05, 4.69) is 15.2 Å². The van der Waals surface area contributed by atoms with Crippen LogP contribution in [0.3, 0.4) is 0 Å². The number of fused-ring (bicyclic) bond motifs is 2. The normalized spacial score (nSPS) is 16.8. The third-order valence-corrected chi connectivity index (χ3v) is 6.89. The van der Waals surface area contributed by atoms with Gasteiger partial charge in [0, 0.05) is 43.8 Å². The summed E-state index contributed by atoms with van der Waals surface area (Å²) in [7, 11) is 3.40. The maximum Gasteiger partial charge on any atom is 0.274 e. The molecular weight excluding hydrogens is 437 g/mol. The predicted molar refractivity (Wildman–Crippen MR) is 116 cm³/mol. The summed E-state index contributed by atoms with van der Waals surface area (Å²) in [6.45, 7) is 1.19. The Morgan fingerprint density at radius 1 is 1.38 bits per heavy atom. The second-order valence-corrected chi connectivity index (χ2v) is 8.94. The first-order valence-corrected chi connectivity index (χ1v) is 10.8. The highest BCUT2D eigenvalue weighted by atomic mass is 35.5. The van der Waals surface area contributed by atoms with E-state index in [4.69, 9.17) is 16.3 Å². The standard InChI is InChI=1S/C22H23ClFN5O3/c1-28(22(6-7-22)11-32-2)21(31)19-13-10-29(8-5-15(13)26-27-19)20(30)16-9-12-3-4-14(23)17(24)18(12)25-16/h3-4,9,25H,5-8,10-11H2,1-2H3,(H,26,27). The van der Waals surface area contributed by atoms with Crippen LogP contribution in [0, 0.1) is 5.82 Å². The van der Waals surface area contributed by atoms with E-state index in [1.807, 2.05) is 0 Å². The van der Waals surface area contributed by atoms with Crippen molar-refractivity contribution in [3.8, 4) is 0 Å². The third kappa shape index (κ3) is 3.27. The molecule has 0 spiro atoms. The number of aromatic amines is 2. The first-order chi connectivity index (χ1) is 15.3. The van der Waals surface area contributed by atoms with E-state index in [0.29, 0.717) is 30.7 Å². The van der Waals surface area contributed by atoms with Crippen LogP contribution in [0.4, 0.5) is 4.39 Å². The lowest BCUT2D eigenvalue weighted by atomic mass is 10.0. The number of benzene rings is 1. The summed E-state index contributed by atoms with van der Waals surface area (Å²) in [6, 6.07) is 4.74. The smallest absolute Gasteiger partial charge is 0.274 e. The van der Waals surface area contributed by atoms with Crippen LogP contribution in [-0.2, 0) is 17.7 Å². The van der Waals surface area contributed by atoms with Crippen molar-refractivity contribution in [3.05, 3.63) is 51.7 Å². The topological polar surface area (TPSA) is 94.3 Å². The molecule has 5 rings (SSSR count). The number of nitrogens with one attached hydrogen (secondary N) is 2. The zero-order chi connectivity index (χ0) is 22.6. The van der Waals surface area contributed by atoms with Crippen molar-refractivity contribution in [3.63, 3.8) is 0 Å². The Kier molecular flexibility index (Phi) is 4.98. The maximum atomic E-state index is 14.3. The van der Waals surface area contributed by atoms with Crippen LogP contribution < -0.4 is 0 Å². The van der Waals surface area contributed by atoms with Crippen LogP contribution in [-0.4, -0.2) is 69.6 Å². The van der Waals surface area contributed by atoms with E-state index in [-0.39, 0.29) is 40.1 Å². The van der Waals surface area contributed by atoms with E-state index < -0.39 is 5.82 Å². The Morgan fingerprint density at radius 3 is 2.88 bits per heavy atom. The highest BCUT2D eigenvalue weighted by Crippen LogP contribution is 2.42. The molecule has 2 aromatic heterocycles. The van der Waals surface area contributed by atoms with Crippen LogP contribution in [0.2, 0.25) is 5.02 Å². The van der Waals surface area contributed by atoms with Gasteiger partial charge in [0.2, 0.25) is 0 Å². The number of aromatic nitrogens is 3. The van der Waals surface area contributed by atoms with Gasteiger partial charge in [-0.15, -0.1) is 0 Å². The van der Waals surface area contributed by atoms with Gasteiger partial charge in [0.25, 0.3) is 11.8 Å². The van der Waals surface area contributed by atoms with Crippen molar-refractivity contribution in [2.75, 3.05) is 27.3 Å². The summed E-state index contributed by atoms with van der Waals surface area (Å²) in [6.07, 6.45) is 2.33. The fourth-order valence-electron chi connectivity index (χ4n) is 4.43. The first-order valence-electron chi connectivity index (χ1n) is 10.4. The summed E-state index contributed by atoms with van der Waals surface area (Å²) in [5.41, 5.74) is 2.11. The molecule has 0 bridgehead atoms. The molecule has 168 valence electrons. The Bertz CT molecular complexity index is 1230. The fourth-order valence-corrected chi connectivity index (χ4v) is 4.59. The summed E-state index contributed by atoms with van der Waals surface area (Å²) < 4.78 is 19.6. The number of hydrogen-bond acceptors (Lipinski definition) is 4. The van der Waals surface area contributed by atoms with Crippen LogP contribution in [0.5, 0.6) is 0 Å². The molecule has 0 radical (unpaired) electrons. The number of rotatable bonds is 5. The zero-order valence-corrected chi connectivity index (χ0v) is 18.6. The number of carbonyl (C=O) groups is 2. The van der Waals surface area contributed by atoms with E-state index in [1.165, 1.54) is 6.07 Å². The van der Waals surface area contributed by atoms with Gasteiger partial charge in [-0.05, 0) is 25.0 Å². The molecule has 2 aliphatic rings. The van der Waals surface area contributed by atoms with Crippen LogP contribution in [0.15, 0.2) is 18.2 Å². The number of carbonyl (C=O) groups excluding carboxylic acids is 2. The van der Waals surface area contributed by atoms with Crippen molar-refractivity contribution in [2.24, 2.45) is 0 Å². The lowest BCUT2D eigenvalue weighted by Crippen LogP contribution is -2.43. The van der Waals surface area contributed by atoms with Crippen molar-refractivity contribution in [1.82, 2.24) is 25.0 Å². The summed E-state index contributed by atoms with van der Waals surface area (Å²) in [5.74, 6) is -1.04. The Morgan fingerprint density at radius 2 is 2.16 bits per heavy atom. The monoisotopic (exact) mass is 459 g/mol. The summed E-state index contributed by atoms with van der Waals surface area (Å²) >= 11 is 5.85. The second-order valence-electron chi connectivity index (χ2n) is 8.54. The number of H-pyrrole nitrogens is 2. The SMILES string of the molecule is COCC1(N(C)C(=O)c2n[nH]c3c2CN(C(=O)c2cc4ccc(Cl)c(F)c4[nH]2)CC3)CC1. The molecule has 2 N–H and O–H groups in total. The Hall–Kier alpha value is -2.91. The molecule has 1 aliphatic heterocycles. The maximum absolute atomic E-state index is 14.3. The van der Waals surface area contributed by atoms with Crippen molar-refractivity contribution < 1.29 is 18.7 Å². The van der Waals surface area contributed by atoms with Gasteiger partial charge in [-0.3, -0.25) is 14.7 Å². The highest BCUT2D eigenvalue weighted by molar-refractivity contribution is 6.31. The highest BCUT2D eigenvalue weighted by Gasteiger charge is 2.49. The number of ether oxygens (including phenoxy) is 1. The number of methoxy groups -OCH3 is 1. The summed E-state index contributed by atoms with van der Waals surface area (Å²) in [4.78, 5) is 32.6. The molecule has 1 fully saturated rings. The molecule has 1 saturated carbocycles. The van der Waals surface area contributed by atoms with Gasteiger partial charge in [-0.2, -0.15) is 5.10 Å². The number of nitrogens with zero attached hydrogens (tertiary/aromatic N) is 3. The number of hydrogen-bond donors (Lipinski definition) is 2. The summed E-state index contributed by atoms with van der Waals surface area (Å²) in [5, 5.41) is 7.80. The fraction of sp³-hybridized carbons (Fsp3) is 0.409. The molecule has 10 heteroatoms. The van der Waals surface area contributed by atoms with Crippen LogP contribution in [0.1, 0.15) is 45.1 Å². The van der Waals surface area contributed by atoms with Crippen LogP contribution >= 0.6 is 11.6 Å². The second kappa shape index (κ2) is 7.60. The van der Waals surface area contributed by atoms with Crippen LogP contribution in [0.25, 0.3) is 10.9 Å². The molecule has 1 aliphatic carbocycles. The molecule has 0 atom stereocenters. The molecule has 1 aromatic carbocycles. The molecule has 32 heavy (non-hydrogen) atoms. The lowest BCUT2D eigenvalue weighted by Gasteiger charge is -2.29. The largest absolute Gasteiger partial charge is 0.382 e. The van der Waals surface area contributed by atoms with Gasteiger partial charge in [-0.25, -0.2) is 4.39 Å². The van der Waals surface area contributed by atoms with Gasteiger partial charge in [-0.1, -0.05) is 17.7 Å². The molecule has 0 saturated heterocycles. The van der Waals surface area contributed by atoms with Gasteiger partial charge < -0.3 is 19.5 Å². The predicted octanol–water partition coefficient (Wildman–Crippen LogP) is 3.13. The van der Waals surface area contributed by atoms with Crippen molar-refractivity contribution in [1.29, 1.82) is 0 Å². The minimum atomic E-state index is -0.583. The average molecular weight is 460 g/mol. The Labute approximate surface area is 188 Å². The number of likely N-dealkylation sites (N-methyl/N-ethyl adjacent to an activating group) is 1. The van der Waals surface area contributed by atoms with E-state index in [1.54, 1.807) is 36.1 Å². The number of halogens is 2. The van der Waals surface area contributed by atoms with Gasteiger partial charge in [0.15, 0.2) is 11.5 Å². The average Bonchev–Trinajstić information content (AvgIpc) is 3.26. The minimum absolute atomic E-state index is 0.00598. The van der Waals surface area contributed by atoms with Gasteiger partial charge >= 0.3 is 0 Å². The van der Waals surface area contributed by atoms with Crippen molar-refractivity contribution >= 4 is 34.3 Å². The molecule has 2 amide bonds. The van der Waals surface area contributed by atoms with Crippen molar-refractivity contribution in [2.45, 2.75) is 31.3 Å². The lowest BCUT2D eigenvalue weighted by molar-refractivity contribution is 0.0541. The van der Waals surface area contributed by atoms with E-state index >= 15 is 0 Å². The molecule has 3 heterocycles. The Balaban J connectivity index is 1.39. The number of amides is 2. The molecular formula is C22H23ClFN5O3. The molecule has 8 nitrogen and oxygen atoms in total. The zero-order valence-electron chi connectivity index (χ0n) is 17.8.